The highest BCUT2D eigenvalue weighted by Gasteiger charge is 2.22. The number of benzene rings is 1. The van der Waals surface area contributed by atoms with Crippen LogP contribution in [0, 0.1) is 17.7 Å². The van der Waals surface area contributed by atoms with E-state index in [9.17, 15) is 4.39 Å². The van der Waals surface area contributed by atoms with E-state index in [1.165, 1.54) is 45.3 Å². The Labute approximate surface area is 121 Å². The molecule has 20 heavy (non-hydrogen) atoms. The number of nitrogens with one attached hydrogen (secondary N) is 1. The predicted octanol–water partition coefficient (Wildman–Crippen LogP) is 4.85. The molecular formula is C17H26FNO. The SMILES string of the molecule is COc1cc(NC2CCCC(CC(C)C)C2)ccc1F. The van der Waals surface area contributed by atoms with Crippen LogP contribution >= 0.6 is 0 Å². The van der Waals surface area contributed by atoms with Gasteiger partial charge in [0.25, 0.3) is 0 Å². The van der Waals surface area contributed by atoms with Gasteiger partial charge in [-0.15, -0.1) is 0 Å². The average Bonchev–Trinajstić information content (AvgIpc) is 2.40. The third-order valence-corrected chi connectivity index (χ3v) is 4.11. The smallest absolute Gasteiger partial charge is 0.165 e. The molecule has 1 aliphatic carbocycles. The number of methoxy groups -OCH3 is 1. The van der Waals surface area contributed by atoms with Crippen molar-refractivity contribution in [1.82, 2.24) is 0 Å². The number of ether oxygens (including phenoxy) is 1. The molecule has 2 nitrogen and oxygen atoms in total. The molecule has 1 aromatic rings. The maximum absolute atomic E-state index is 13.4. The second-order valence-electron chi connectivity index (χ2n) is 6.35. The first kappa shape index (κ1) is 15.1. The van der Waals surface area contributed by atoms with Crippen molar-refractivity contribution in [3.8, 4) is 5.75 Å². The minimum Gasteiger partial charge on any atom is -0.494 e. The van der Waals surface area contributed by atoms with E-state index in [0.717, 1.165) is 17.5 Å². The average molecular weight is 279 g/mol. The van der Waals surface area contributed by atoms with E-state index in [1.54, 1.807) is 12.1 Å². The Kier molecular flexibility index (Phi) is 5.27. The van der Waals surface area contributed by atoms with Crippen LogP contribution < -0.4 is 10.1 Å². The molecule has 3 heteroatoms. The van der Waals surface area contributed by atoms with Crippen molar-refractivity contribution in [3.63, 3.8) is 0 Å². The molecule has 0 spiro atoms. The van der Waals surface area contributed by atoms with Gasteiger partial charge in [-0.05, 0) is 43.2 Å². The quantitative estimate of drug-likeness (QED) is 0.831. The summed E-state index contributed by atoms with van der Waals surface area (Å²) in [4.78, 5) is 0. The molecular weight excluding hydrogens is 253 g/mol. The highest BCUT2D eigenvalue weighted by Crippen LogP contribution is 2.31. The lowest BCUT2D eigenvalue weighted by molar-refractivity contribution is 0.289. The maximum Gasteiger partial charge on any atom is 0.165 e. The molecule has 0 aromatic heterocycles. The molecule has 1 fully saturated rings. The standard InChI is InChI=1S/C17H26FNO/c1-12(2)9-13-5-4-6-14(10-13)19-15-7-8-16(18)17(11-15)20-3/h7-8,11-14,19H,4-6,9-10H2,1-3H3. The third kappa shape index (κ3) is 4.12. The zero-order valence-electron chi connectivity index (χ0n) is 12.8. The predicted molar refractivity (Wildman–Crippen MR) is 81.8 cm³/mol. The van der Waals surface area contributed by atoms with E-state index in [2.05, 4.69) is 19.2 Å². The van der Waals surface area contributed by atoms with Crippen LogP contribution in [0.2, 0.25) is 0 Å². The van der Waals surface area contributed by atoms with Crippen LogP contribution in [-0.4, -0.2) is 13.2 Å². The molecule has 0 heterocycles. The fourth-order valence-corrected chi connectivity index (χ4v) is 3.29. The maximum atomic E-state index is 13.4. The molecule has 0 radical (unpaired) electrons. The molecule has 0 aliphatic heterocycles. The molecule has 1 aliphatic rings. The minimum absolute atomic E-state index is 0.306. The fraction of sp³-hybridized carbons (Fsp3) is 0.647. The number of hydrogen-bond acceptors (Lipinski definition) is 2. The van der Waals surface area contributed by atoms with E-state index in [1.807, 2.05) is 0 Å². The number of hydrogen-bond donors (Lipinski definition) is 1. The van der Waals surface area contributed by atoms with Gasteiger partial charge in [0.15, 0.2) is 11.6 Å². The van der Waals surface area contributed by atoms with E-state index in [4.69, 9.17) is 4.74 Å². The molecule has 1 N–H and O–H groups in total. The summed E-state index contributed by atoms with van der Waals surface area (Å²) >= 11 is 0. The molecule has 2 rings (SSSR count). The monoisotopic (exact) mass is 279 g/mol. The van der Waals surface area contributed by atoms with Gasteiger partial charge in [0.05, 0.1) is 7.11 Å². The highest BCUT2D eigenvalue weighted by atomic mass is 19.1. The van der Waals surface area contributed by atoms with Crippen LogP contribution in [0.25, 0.3) is 0 Å². The van der Waals surface area contributed by atoms with Gasteiger partial charge in [0.2, 0.25) is 0 Å². The summed E-state index contributed by atoms with van der Waals surface area (Å²) in [7, 11) is 1.50. The van der Waals surface area contributed by atoms with Crippen molar-refractivity contribution in [1.29, 1.82) is 0 Å². The van der Waals surface area contributed by atoms with Crippen molar-refractivity contribution < 1.29 is 9.13 Å². The van der Waals surface area contributed by atoms with Crippen molar-refractivity contribution in [2.45, 2.75) is 52.0 Å². The Hall–Kier alpha value is -1.25. The van der Waals surface area contributed by atoms with Gasteiger partial charge < -0.3 is 10.1 Å². The van der Waals surface area contributed by atoms with E-state index < -0.39 is 0 Å². The van der Waals surface area contributed by atoms with Crippen molar-refractivity contribution >= 4 is 5.69 Å². The van der Waals surface area contributed by atoms with Crippen LogP contribution in [0.4, 0.5) is 10.1 Å². The van der Waals surface area contributed by atoms with E-state index in [-0.39, 0.29) is 5.82 Å². The van der Waals surface area contributed by atoms with E-state index in [0.29, 0.717) is 11.8 Å². The molecule has 0 amide bonds. The summed E-state index contributed by atoms with van der Waals surface area (Å²) in [5, 5.41) is 3.54. The molecule has 0 saturated heterocycles. The van der Waals surface area contributed by atoms with Gasteiger partial charge in [0.1, 0.15) is 0 Å². The van der Waals surface area contributed by atoms with Crippen molar-refractivity contribution in [3.05, 3.63) is 24.0 Å². The zero-order valence-corrected chi connectivity index (χ0v) is 12.8. The summed E-state index contributed by atoms with van der Waals surface area (Å²) < 4.78 is 18.4. The lowest BCUT2D eigenvalue weighted by Gasteiger charge is -2.31. The fourth-order valence-electron chi connectivity index (χ4n) is 3.29. The molecule has 112 valence electrons. The first-order valence-electron chi connectivity index (χ1n) is 7.68. The van der Waals surface area contributed by atoms with Gasteiger partial charge >= 0.3 is 0 Å². The summed E-state index contributed by atoms with van der Waals surface area (Å²) in [6.07, 6.45) is 6.37. The Morgan fingerprint density at radius 1 is 1.35 bits per heavy atom. The van der Waals surface area contributed by atoms with Gasteiger partial charge in [0, 0.05) is 17.8 Å². The second-order valence-corrected chi connectivity index (χ2v) is 6.35. The van der Waals surface area contributed by atoms with Crippen LogP contribution in [0.3, 0.4) is 0 Å². The van der Waals surface area contributed by atoms with Gasteiger partial charge in [-0.25, -0.2) is 4.39 Å². The number of rotatable bonds is 5. The molecule has 2 atom stereocenters. The van der Waals surface area contributed by atoms with Crippen molar-refractivity contribution in [2.75, 3.05) is 12.4 Å². The van der Waals surface area contributed by atoms with Crippen LogP contribution in [0.15, 0.2) is 18.2 Å². The normalized spacial score (nSPS) is 22.9. The first-order chi connectivity index (χ1) is 9.58. The lowest BCUT2D eigenvalue weighted by atomic mass is 9.81. The van der Waals surface area contributed by atoms with Gasteiger partial charge in [-0.2, -0.15) is 0 Å². The van der Waals surface area contributed by atoms with E-state index >= 15 is 0 Å². The summed E-state index contributed by atoms with van der Waals surface area (Å²) in [5.41, 5.74) is 0.957. The Balaban J connectivity index is 1.95. The highest BCUT2D eigenvalue weighted by molar-refractivity contribution is 5.49. The summed E-state index contributed by atoms with van der Waals surface area (Å²) in [6.45, 7) is 4.59. The topological polar surface area (TPSA) is 21.3 Å². The minimum atomic E-state index is -0.306. The van der Waals surface area contributed by atoms with Crippen LogP contribution in [0.5, 0.6) is 5.75 Å². The number of anilines is 1. The van der Waals surface area contributed by atoms with Crippen LogP contribution in [0.1, 0.15) is 46.0 Å². The molecule has 1 saturated carbocycles. The van der Waals surface area contributed by atoms with Gasteiger partial charge in [-0.1, -0.05) is 26.7 Å². The van der Waals surface area contributed by atoms with Crippen molar-refractivity contribution in [2.24, 2.45) is 11.8 Å². The molecule has 2 unspecified atom stereocenters. The first-order valence-corrected chi connectivity index (χ1v) is 7.68. The number of halogens is 1. The molecule has 1 aromatic carbocycles. The summed E-state index contributed by atoms with van der Waals surface area (Å²) in [5.74, 6) is 1.59. The van der Waals surface area contributed by atoms with Gasteiger partial charge in [-0.3, -0.25) is 0 Å². The third-order valence-electron chi connectivity index (χ3n) is 4.11. The van der Waals surface area contributed by atoms with Crippen LogP contribution in [-0.2, 0) is 0 Å². The largest absolute Gasteiger partial charge is 0.494 e. The Morgan fingerprint density at radius 2 is 2.15 bits per heavy atom. The summed E-state index contributed by atoms with van der Waals surface area (Å²) in [6, 6.07) is 5.52. The second kappa shape index (κ2) is 6.96. The Bertz CT molecular complexity index is 433. The lowest BCUT2D eigenvalue weighted by Crippen LogP contribution is -2.28. The zero-order chi connectivity index (χ0) is 14.5. The Morgan fingerprint density at radius 3 is 2.85 bits per heavy atom. The molecule has 0 bridgehead atoms.